The highest BCUT2D eigenvalue weighted by Gasteiger charge is 2.23. The maximum Gasteiger partial charge on any atom is 0.140 e. The third kappa shape index (κ3) is 4.23. The Labute approximate surface area is 140 Å². The van der Waals surface area contributed by atoms with E-state index in [2.05, 4.69) is 48.3 Å². The molecular formula is C15H24IN3S. The SMILES string of the molecule is CC(C)(C)c1nc(CSC2CCCCC2)nc(N)c1I. The van der Waals surface area contributed by atoms with Crippen LogP contribution in [0.2, 0.25) is 0 Å². The summed E-state index contributed by atoms with van der Waals surface area (Å²) in [7, 11) is 0. The van der Waals surface area contributed by atoms with Crippen LogP contribution in [0.3, 0.4) is 0 Å². The first kappa shape index (κ1) is 16.3. The summed E-state index contributed by atoms with van der Waals surface area (Å²) in [5, 5.41) is 0.783. The molecule has 0 amide bonds. The predicted octanol–water partition coefficient (Wildman–Crippen LogP) is 4.53. The second-order valence-electron chi connectivity index (χ2n) is 6.51. The number of hydrogen-bond donors (Lipinski definition) is 1. The molecule has 3 nitrogen and oxygen atoms in total. The summed E-state index contributed by atoms with van der Waals surface area (Å²) in [4.78, 5) is 9.24. The molecule has 5 heteroatoms. The number of nitrogens with two attached hydrogens (primary N) is 1. The number of aromatic nitrogens is 2. The van der Waals surface area contributed by atoms with Crippen LogP contribution < -0.4 is 5.73 Å². The number of anilines is 1. The van der Waals surface area contributed by atoms with Gasteiger partial charge in [-0.25, -0.2) is 9.97 Å². The van der Waals surface area contributed by atoms with E-state index in [0.717, 1.165) is 26.1 Å². The van der Waals surface area contributed by atoms with Crippen LogP contribution in [0.4, 0.5) is 5.82 Å². The maximum absolute atomic E-state index is 6.06. The van der Waals surface area contributed by atoms with E-state index in [1.807, 2.05) is 11.8 Å². The lowest BCUT2D eigenvalue weighted by Crippen LogP contribution is -2.19. The molecule has 1 aromatic heterocycles. The van der Waals surface area contributed by atoms with Crippen LogP contribution in [0.1, 0.15) is 64.4 Å². The molecular weight excluding hydrogens is 381 g/mol. The Hall–Kier alpha value is -0.0400. The summed E-state index contributed by atoms with van der Waals surface area (Å²) in [6, 6.07) is 0. The number of nitrogens with zero attached hydrogens (tertiary/aromatic N) is 2. The Kier molecular flexibility index (Phi) is 5.56. The fraction of sp³-hybridized carbons (Fsp3) is 0.733. The molecule has 112 valence electrons. The van der Waals surface area contributed by atoms with Crippen molar-refractivity contribution in [1.82, 2.24) is 9.97 Å². The second-order valence-corrected chi connectivity index (χ2v) is 8.88. The monoisotopic (exact) mass is 405 g/mol. The molecule has 0 saturated heterocycles. The van der Waals surface area contributed by atoms with Crippen molar-refractivity contribution >= 4 is 40.2 Å². The van der Waals surface area contributed by atoms with Gasteiger partial charge in [-0.3, -0.25) is 0 Å². The van der Waals surface area contributed by atoms with Crippen LogP contribution in [0, 0.1) is 3.57 Å². The molecule has 0 aliphatic heterocycles. The van der Waals surface area contributed by atoms with Crippen molar-refractivity contribution in [2.75, 3.05) is 5.73 Å². The molecule has 1 aliphatic carbocycles. The third-order valence-electron chi connectivity index (χ3n) is 3.63. The van der Waals surface area contributed by atoms with Gasteiger partial charge in [-0.05, 0) is 35.4 Å². The number of nitrogen functional groups attached to an aromatic ring is 1. The lowest BCUT2D eigenvalue weighted by atomic mass is 9.92. The molecule has 2 N–H and O–H groups in total. The van der Waals surface area contributed by atoms with Crippen LogP contribution in [0.25, 0.3) is 0 Å². The van der Waals surface area contributed by atoms with E-state index in [1.165, 1.54) is 32.1 Å². The molecule has 20 heavy (non-hydrogen) atoms. The van der Waals surface area contributed by atoms with E-state index in [-0.39, 0.29) is 5.41 Å². The summed E-state index contributed by atoms with van der Waals surface area (Å²) in [6.45, 7) is 6.53. The summed E-state index contributed by atoms with van der Waals surface area (Å²) in [6.07, 6.45) is 6.84. The van der Waals surface area contributed by atoms with Crippen LogP contribution >= 0.6 is 34.4 Å². The van der Waals surface area contributed by atoms with E-state index >= 15 is 0 Å². The minimum Gasteiger partial charge on any atom is -0.383 e. The van der Waals surface area contributed by atoms with E-state index in [9.17, 15) is 0 Å². The molecule has 1 fully saturated rings. The van der Waals surface area contributed by atoms with Crippen molar-refractivity contribution in [3.63, 3.8) is 0 Å². The average Bonchev–Trinajstić information content (AvgIpc) is 2.40. The normalized spacial score (nSPS) is 17.4. The Balaban J connectivity index is 2.10. The Morgan fingerprint density at radius 2 is 1.85 bits per heavy atom. The molecule has 0 unspecified atom stereocenters. The van der Waals surface area contributed by atoms with E-state index < -0.39 is 0 Å². The van der Waals surface area contributed by atoms with Gasteiger partial charge in [0.2, 0.25) is 0 Å². The van der Waals surface area contributed by atoms with E-state index in [0.29, 0.717) is 5.82 Å². The first-order valence-corrected chi connectivity index (χ1v) is 9.44. The predicted molar refractivity (Wildman–Crippen MR) is 96.0 cm³/mol. The van der Waals surface area contributed by atoms with Crippen molar-refractivity contribution in [1.29, 1.82) is 0 Å². The lowest BCUT2D eigenvalue weighted by Gasteiger charge is -2.22. The number of thioether (sulfide) groups is 1. The van der Waals surface area contributed by atoms with Gasteiger partial charge < -0.3 is 5.73 Å². The zero-order valence-electron chi connectivity index (χ0n) is 12.6. The zero-order valence-corrected chi connectivity index (χ0v) is 15.6. The van der Waals surface area contributed by atoms with Gasteiger partial charge in [-0.1, -0.05) is 40.0 Å². The minimum absolute atomic E-state index is 0.0117. The number of hydrogen-bond acceptors (Lipinski definition) is 4. The Morgan fingerprint density at radius 1 is 1.20 bits per heavy atom. The van der Waals surface area contributed by atoms with Gasteiger partial charge in [0.15, 0.2) is 0 Å². The minimum atomic E-state index is 0.0117. The van der Waals surface area contributed by atoms with Gasteiger partial charge in [-0.2, -0.15) is 11.8 Å². The van der Waals surface area contributed by atoms with Gasteiger partial charge >= 0.3 is 0 Å². The second kappa shape index (κ2) is 6.81. The summed E-state index contributed by atoms with van der Waals surface area (Å²) in [5.41, 5.74) is 7.14. The summed E-state index contributed by atoms with van der Waals surface area (Å²) >= 11 is 4.26. The molecule has 0 aromatic carbocycles. The van der Waals surface area contributed by atoms with Gasteiger partial charge in [0, 0.05) is 10.7 Å². The van der Waals surface area contributed by atoms with E-state index in [4.69, 9.17) is 10.7 Å². The maximum atomic E-state index is 6.06. The molecule has 2 rings (SSSR count). The molecule has 0 radical (unpaired) electrons. The first-order valence-electron chi connectivity index (χ1n) is 7.32. The first-order chi connectivity index (χ1) is 9.38. The largest absolute Gasteiger partial charge is 0.383 e. The van der Waals surface area contributed by atoms with Gasteiger partial charge in [0.1, 0.15) is 11.6 Å². The van der Waals surface area contributed by atoms with Gasteiger partial charge in [0.05, 0.1) is 15.0 Å². The van der Waals surface area contributed by atoms with Crippen molar-refractivity contribution in [3.05, 3.63) is 15.1 Å². The molecule has 1 heterocycles. The highest BCUT2D eigenvalue weighted by molar-refractivity contribution is 14.1. The number of halogens is 1. The quantitative estimate of drug-likeness (QED) is 0.751. The van der Waals surface area contributed by atoms with Crippen molar-refractivity contribution in [3.8, 4) is 0 Å². The molecule has 0 atom stereocenters. The van der Waals surface area contributed by atoms with Crippen LogP contribution in [-0.4, -0.2) is 15.2 Å². The van der Waals surface area contributed by atoms with Crippen molar-refractivity contribution in [2.45, 2.75) is 69.3 Å². The molecule has 1 aliphatic rings. The van der Waals surface area contributed by atoms with Crippen LogP contribution in [0.15, 0.2) is 0 Å². The number of rotatable bonds is 3. The Bertz CT molecular complexity index is 465. The standard InChI is InChI=1S/C15H24IN3S/c1-15(2,3)13-12(16)14(17)19-11(18-13)9-20-10-7-5-4-6-8-10/h10H,4-9H2,1-3H3,(H2,17,18,19). The fourth-order valence-corrected chi connectivity index (χ4v) is 4.73. The molecule has 1 saturated carbocycles. The molecule has 1 aromatic rings. The summed E-state index contributed by atoms with van der Waals surface area (Å²) < 4.78 is 1.00. The third-order valence-corrected chi connectivity index (χ3v) is 6.07. The smallest absolute Gasteiger partial charge is 0.140 e. The average molecular weight is 405 g/mol. The molecule has 0 spiro atoms. The van der Waals surface area contributed by atoms with Gasteiger partial charge in [-0.15, -0.1) is 0 Å². The highest BCUT2D eigenvalue weighted by atomic mass is 127. The van der Waals surface area contributed by atoms with Crippen LogP contribution in [-0.2, 0) is 11.2 Å². The van der Waals surface area contributed by atoms with Gasteiger partial charge in [0.25, 0.3) is 0 Å². The molecule has 0 bridgehead atoms. The van der Waals surface area contributed by atoms with Crippen molar-refractivity contribution in [2.24, 2.45) is 0 Å². The van der Waals surface area contributed by atoms with Crippen molar-refractivity contribution < 1.29 is 0 Å². The Morgan fingerprint density at radius 3 is 2.45 bits per heavy atom. The zero-order chi connectivity index (χ0) is 14.8. The van der Waals surface area contributed by atoms with Crippen LogP contribution in [0.5, 0.6) is 0 Å². The summed E-state index contributed by atoms with van der Waals surface area (Å²) in [5.74, 6) is 2.41. The van der Waals surface area contributed by atoms with E-state index in [1.54, 1.807) is 0 Å². The topological polar surface area (TPSA) is 51.8 Å². The lowest BCUT2D eigenvalue weighted by molar-refractivity contribution is 0.515. The fourth-order valence-electron chi connectivity index (χ4n) is 2.50. The highest BCUT2D eigenvalue weighted by Crippen LogP contribution is 2.32.